The summed E-state index contributed by atoms with van der Waals surface area (Å²) in [6.07, 6.45) is 0.00186. The molecular weight excluding hydrogens is 152 g/mol. The molecular formula is C10H14O2. The lowest BCUT2D eigenvalue weighted by atomic mass is 10.1. The minimum Gasteiger partial charge on any atom is -0.392 e. The monoisotopic (exact) mass is 166 g/mol. The highest BCUT2D eigenvalue weighted by atomic mass is 16.3. The summed E-state index contributed by atoms with van der Waals surface area (Å²) in [5.41, 5.74) is -0.987. The predicted molar refractivity (Wildman–Crippen MR) is 48.1 cm³/mol. The molecule has 0 aromatic heterocycles. The fraction of sp³-hybridized carbons (Fsp3) is 0.600. The van der Waals surface area contributed by atoms with E-state index in [2.05, 4.69) is 23.7 Å². The zero-order chi connectivity index (χ0) is 9.61. The van der Waals surface area contributed by atoms with Crippen LogP contribution < -0.4 is 0 Å². The number of hydrogen-bond acceptors (Lipinski definition) is 2. The Morgan fingerprint density at radius 2 is 1.92 bits per heavy atom. The van der Waals surface area contributed by atoms with Crippen LogP contribution in [0.2, 0.25) is 0 Å². The summed E-state index contributed by atoms with van der Waals surface area (Å²) >= 11 is 0. The van der Waals surface area contributed by atoms with E-state index in [1.54, 1.807) is 20.8 Å². The van der Waals surface area contributed by atoms with Crippen LogP contribution in [-0.4, -0.2) is 21.9 Å². The third-order valence-electron chi connectivity index (χ3n) is 0.917. The van der Waals surface area contributed by atoms with Gasteiger partial charge < -0.3 is 10.2 Å². The van der Waals surface area contributed by atoms with Gasteiger partial charge in [0.2, 0.25) is 0 Å². The summed E-state index contributed by atoms with van der Waals surface area (Å²) in [7, 11) is 0. The van der Waals surface area contributed by atoms with E-state index in [-0.39, 0.29) is 0 Å². The smallest absolute Gasteiger partial charge is 0.120 e. The maximum atomic E-state index is 9.14. The van der Waals surface area contributed by atoms with E-state index in [4.69, 9.17) is 10.2 Å². The molecule has 0 spiro atoms. The van der Waals surface area contributed by atoms with Gasteiger partial charge in [0, 0.05) is 6.42 Å². The molecule has 66 valence electrons. The Morgan fingerprint density at radius 3 is 2.33 bits per heavy atom. The number of aliphatic hydroxyl groups is 2. The van der Waals surface area contributed by atoms with Gasteiger partial charge in [-0.05, 0) is 32.6 Å². The molecule has 0 aromatic carbocycles. The SMILES string of the molecule is CC(O)CC#CC#CC(C)(C)O. The van der Waals surface area contributed by atoms with Crippen molar-refractivity contribution in [3.05, 3.63) is 0 Å². The fourth-order valence-corrected chi connectivity index (χ4v) is 0.427. The molecule has 0 heterocycles. The normalized spacial score (nSPS) is 12.1. The molecule has 2 heteroatoms. The molecule has 0 aromatic rings. The van der Waals surface area contributed by atoms with E-state index < -0.39 is 11.7 Å². The molecule has 0 aliphatic carbocycles. The van der Waals surface area contributed by atoms with Gasteiger partial charge in [-0.15, -0.1) is 0 Å². The van der Waals surface area contributed by atoms with E-state index >= 15 is 0 Å². The second-order valence-corrected chi connectivity index (χ2v) is 3.16. The number of rotatable bonds is 1. The van der Waals surface area contributed by atoms with Crippen molar-refractivity contribution >= 4 is 0 Å². The average Bonchev–Trinajstić information content (AvgIpc) is 1.83. The summed E-state index contributed by atoms with van der Waals surface area (Å²) in [5.74, 6) is 10.3. The third kappa shape index (κ3) is 9.04. The highest BCUT2D eigenvalue weighted by Crippen LogP contribution is 1.95. The van der Waals surface area contributed by atoms with Crippen molar-refractivity contribution in [2.75, 3.05) is 0 Å². The molecule has 0 fully saturated rings. The van der Waals surface area contributed by atoms with Crippen LogP contribution in [0.25, 0.3) is 0 Å². The summed E-state index contributed by atoms with van der Waals surface area (Å²) in [6, 6.07) is 0. The van der Waals surface area contributed by atoms with Crippen LogP contribution in [0, 0.1) is 23.7 Å². The molecule has 0 aliphatic rings. The molecule has 2 N–H and O–H groups in total. The topological polar surface area (TPSA) is 40.5 Å². The first kappa shape index (κ1) is 11.0. The first-order chi connectivity index (χ1) is 5.42. The molecule has 1 atom stereocenters. The van der Waals surface area contributed by atoms with Crippen molar-refractivity contribution < 1.29 is 10.2 Å². The third-order valence-corrected chi connectivity index (χ3v) is 0.917. The van der Waals surface area contributed by atoms with E-state index in [9.17, 15) is 0 Å². The predicted octanol–water partition coefficient (Wildman–Crippen LogP) is 0.535. The largest absolute Gasteiger partial charge is 0.392 e. The van der Waals surface area contributed by atoms with Gasteiger partial charge in [0.15, 0.2) is 0 Å². The Bertz CT molecular complexity index is 237. The molecule has 0 saturated heterocycles. The standard InChI is InChI=1S/C10H14O2/c1-9(11)7-5-4-6-8-10(2,3)12/h9,11-12H,7H2,1-3H3. The summed E-state index contributed by atoms with van der Waals surface area (Å²) in [6.45, 7) is 4.85. The Labute approximate surface area is 73.6 Å². The quantitative estimate of drug-likeness (QED) is 0.558. The second kappa shape index (κ2) is 4.83. The minimum absolute atomic E-state index is 0.415. The van der Waals surface area contributed by atoms with Crippen LogP contribution in [0.1, 0.15) is 27.2 Å². The molecule has 2 nitrogen and oxygen atoms in total. The molecule has 0 rings (SSSR count). The highest BCUT2D eigenvalue weighted by Gasteiger charge is 2.04. The van der Waals surface area contributed by atoms with Gasteiger partial charge in [-0.25, -0.2) is 0 Å². The van der Waals surface area contributed by atoms with Gasteiger partial charge in [-0.3, -0.25) is 0 Å². The lowest BCUT2D eigenvalue weighted by Crippen LogP contribution is -2.14. The van der Waals surface area contributed by atoms with E-state index in [1.165, 1.54) is 0 Å². The van der Waals surface area contributed by atoms with E-state index in [0.29, 0.717) is 6.42 Å². The lowest BCUT2D eigenvalue weighted by Gasteiger charge is -2.04. The summed E-state index contributed by atoms with van der Waals surface area (Å²) in [5, 5.41) is 17.9. The van der Waals surface area contributed by atoms with Gasteiger partial charge in [0.1, 0.15) is 5.60 Å². The Morgan fingerprint density at radius 1 is 1.33 bits per heavy atom. The molecule has 12 heavy (non-hydrogen) atoms. The van der Waals surface area contributed by atoms with E-state index in [1.807, 2.05) is 0 Å². The molecule has 0 amide bonds. The average molecular weight is 166 g/mol. The second-order valence-electron chi connectivity index (χ2n) is 3.16. The molecule has 0 aliphatic heterocycles. The summed E-state index contributed by atoms with van der Waals surface area (Å²) in [4.78, 5) is 0. The van der Waals surface area contributed by atoms with Crippen molar-refractivity contribution in [1.82, 2.24) is 0 Å². The molecule has 1 unspecified atom stereocenters. The van der Waals surface area contributed by atoms with Crippen LogP contribution in [0.4, 0.5) is 0 Å². The Kier molecular flexibility index (Phi) is 4.44. The van der Waals surface area contributed by atoms with Gasteiger partial charge >= 0.3 is 0 Å². The van der Waals surface area contributed by atoms with E-state index in [0.717, 1.165) is 0 Å². The number of hydrogen-bond donors (Lipinski definition) is 2. The highest BCUT2D eigenvalue weighted by molar-refractivity contribution is 5.28. The van der Waals surface area contributed by atoms with Crippen LogP contribution in [0.3, 0.4) is 0 Å². The molecule has 0 saturated carbocycles. The lowest BCUT2D eigenvalue weighted by molar-refractivity contribution is 0.143. The van der Waals surface area contributed by atoms with Gasteiger partial charge in [-0.2, -0.15) is 0 Å². The van der Waals surface area contributed by atoms with Crippen LogP contribution in [0.5, 0.6) is 0 Å². The summed E-state index contributed by atoms with van der Waals surface area (Å²) < 4.78 is 0. The zero-order valence-electron chi connectivity index (χ0n) is 7.68. The minimum atomic E-state index is -0.987. The van der Waals surface area contributed by atoms with Crippen molar-refractivity contribution in [3.63, 3.8) is 0 Å². The number of aliphatic hydroxyl groups excluding tert-OH is 1. The first-order valence-corrected chi connectivity index (χ1v) is 3.82. The van der Waals surface area contributed by atoms with Crippen molar-refractivity contribution in [3.8, 4) is 23.7 Å². The zero-order valence-corrected chi connectivity index (χ0v) is 7.68. The fourth-order valence-electron chi connectivity index (χ4n) is 0.427. The van der Waals surface area contributed by atoms with Crippen LogP contribution >= 0.6 is 0 Å². The van der Waals surface area contributed by atoms with Gasteiger partial charge in [-0.1, -0.05) is 11.8 Å². The molecule has 0 bridgehead atoms. The van der Waals surface area contributed by atoms with Gasteiger partial charge in [0.25, 0.3) is 0 Å². The maximum Gasteiger partial charge on any atom is 0.120 e. The molecule has 0 radical (unpaired) electrons. The van der Waals surface area contributed by atoms with Crippen molar-refractivity contribution in [1.29, 1.82) is 0 Å². The maximum absolute atomic E-state index is 9.14. The first-order valence-electron chi connectivity index (χ1n) is 3.82. The van der Waals surface area contributed by atoms with Crippen molar-refractivity contribution in [2.45, 2.75) is 38.9 Å². The Hall–Kier alpha value is -0.960. The van der Waals surface area contributed by atoms with Crippen molar-refractivity contribution in [2.24, 2.45) is 0 Å². The van der Waals surface area contributed by atoms with Crippen LogP contribution in [0.15, 0.2) is 0 Å². The van der Waals surface area contributed by atoms with Crippen LogP contribution in [-0.2, 0) is 0 Å². The Balaban J connectivity index is 3.91. The van der Waals surface area contributed by atoms with Gasteiger partial charge in [0.05, 0.1) is 6.10 Å².